The van der Waals surface area contributed by atoms with Crippen LogP contribution < -0.4 is 4.74 Å². The number of carbonyl (C=O) groups excluding carboxylic acids is 1. The number of aromatic nitrogens is 2. The molecule has 1 saturated heterocycles. The van der Waals surface area contributed by atoms with Crippen molar-refractivity contribution in [2.45, 2.75) is 43.7 Å². The number of ether oxygens (including phenoxy) is 1. The highest BCUT2D eigenvalue weighted by atomic mass is 32.2. The molecule has 1 N–H and O–H groups in total. The van der Waals surface area contributed by atoms with E-state index in [1.165, 1.54) is 4.31 Å². The number of benzene rings is 1. The van der Waals surface area contributed by atoms with Crippen LogP contribution in [0.2, 0.25) is 0 Å². The molecule has 1 fully saturated rings. The molecule has 1 aromatic carbocycles. The van der Waals surface area contributed by atoms with Crippen LogP contribution in [0.15, 0.2) is 35.2 Å². The minimum Gasteiger partial charge on any atom is -0.487 e. The van der Waals surface area contributed by atoms with Crippen molar-refractivity contribution in [2.75, 3.05) is 19.6 Å². The lowest BCUT2D eigenvalue weighted by Gasteiger charge is -2.30. The van der Waals surface area contributed by atoms with E-state index in [1.54, 1.807) is 35.2 Å². The monoisotopic (exact) mass is 404 g/mol. The van der Waals surface area contributed by atoms with Crippen molar-refractivity contribution in [1.29, 1.82) is 0 Å². The zero-order chi connectivity index (χ0) is 19.9. The zero-order valence-electron chi connectivity index (χ0n) is 16.0. The topological polar surface area (TPSA) is 95.6 Å². The first-order valence-corrected chi connectivity index (χ1v) is 10.9. The average Bonchev–Trinajstić information content (AvgIpc) is 2.97. The predicted octanol–water partition coefficient (Wildman–Crippen LogP) is 1.79. The van der Waals surface area contributed by atoms with Crippen LogP contribution in [-0.4, -0.2) is 65.5 Å². The molecule has 1 aromatic heterocycles. The van der Waals surface area contributed by atoms with Crippen molar-refractivity contribution < 1.29 is 17.9 Å². The quantitative estimate of drug-likeness (QED) is 0.823. The average molecular weight is 404 g/mol. The number of H-pyrrole nitrogens is 1. The van der Waals surface area contributed by atoms with Crippen LogP contribution in [0.1, 0.15) is 35.9 Å². The molecule has 150 valence electrons. The molecule has 8 nitrogen and oxygen atoms in total. The second-order valence-electron chi connectivity index (χ2n) is 7.18. The summed E-state index contributed by atoms with van der Waals surface area (Å²) in [4.78, 5) is 14.7. The van der Waals surface area contributed by atoms with Crippen LogP contribution in [0.25, 0.3) is 0 Å². The van der Waals surface area contributed by atoms with Gasteiger partial charge < -0.3 is 9.64 Å². The van der Waals surface area contributed by atoms with E-state index in [0.29, 0.717) is 43.9 Å². The van der Waals surface area contributed by atoms with E-state index in [2.05, 4.69) is 10.2 Å². The van der Waals surface area contributed by atoms with E-state index >= 15 is 0 Å². The number of hydrogen-bond donors (Lipinski definition) is 1. The number of likely N-dealkylation sites (tertiary alicyclic amines) is 1. The van der Waals surface area contributed by atoms with Crippen LogP contribution in [-0.2, 0) is 10.0 Å². The standard InChI is InChI=1S/C19H24N4O4S/c1-3-23-15-8-10-22(19(24)14-12-13(2)20-21-14)11-9-16(15)27-17-6-4-5-7-18(17)28(23,25)26/h4-7,12,15-16H,3,8-11H2,1-2H3,(H,20,21)/t15-,16+/m1/s1. The van der Waals surface area contributed by atoms with Crippen LogP contribution in [0.4, 0.5) is 0 Å². The molecular weight excluding hydrogens is 380 g/mol. The normalized spacial score (nSPS) is 24.4. The van der Waals surface area contributed by atoms with Gasteiger partial charge in [-0.3, -0.25) is 9.89 Å². The summed E-state index contributed by atoms with van der Waals surface area (Å²) in [7, 11) is -3.65. The van der Waals surface area contributed by atoms with E-state index < -0.39 is 10.0 Å². The number of hydrogen-bond acceptors (Lipinski definition) is 5. The molecular formula is C19H24N4O4S. The van der Waals surface area contributed by atoms with Crippen LogP contribution in [0.5, 0.6) is 5.75 Å². The van der Waals surface area contributed by atoms with Crippen molar-refractivity contribution in [1.82, 2.24) is 19.4 Å². The summed E-state index contributed by atoms with van der Waals surface area (Å²) >= 11 is 0. The molecule has 0 radical (unpaired) electrons. The Morgan fingerprint density at radius 3 is 2.75 bits per heavy atom. The first-order chi connectivity index (χ1) is 13.4. The van der Waals surface area contributed by atoms with Gasteiger partial charge in [-0.05, 0) is 31.5 Å². The van der Waals surface area contributed by atoms with E-state index in [9.17, 15) is 13.2 Å². The lowest BCUT2D eigenvalue weighted by molar-refractivity contribution is 0.0749. The Bertz CT molecular complexity index is 987. The molecule has 2 aliphatic rings. The number of rotatable bonds is 2. The van der Waals surface area contributed by atoms with Gasteiger partial charge in [-0.25, -0.2) is 8.42 Å². The minimum absolute atomic E-state index is 0.146. The molecule has 0 unspecified atom stereocenters. The summed E-state index contributed by atoms with van der Waals surface area (Å²) in [6.45, 7) is 4.99. The van der Waals surface area contributed by atoms with Gasteiger partial charge in [0.2, 0.25) is 10.0 Å². The van der Waals surface area contributed by atoms with Crippen LogP contribution in [0.3, 0.4) is 0 Å². The molecule has 1 amide bonds. The third kappa shape index (κ3) is 3.18. The predicted molar refractivity (Wildman–Crippen MR) is 103 cm³/mol. The Kier molecular flexibility index (Phi) is 4.88. The molecule has 0 spiro atoms. The maximum Gasteiger partial charge on any atom is 0.274 e. The first-order valence-electron chi connectivity index (χ1n) is 9.50. The number of aryl methyl sites for hydroxylation is 1. The number of nitrogens with one attached hydrogen (secondary N) is 1. The number of amides is 1. The van der Waals surface area contributed by atoms with E-state index in [0.717, 1.165) is 5.69 Å². The maximum atomic E-state index is 13.2. The van der Waals surface area contributed by atoms with Crippen molar-refractivity contribution in [2.24, 2.45) is 0 Å². The van der Waals surface area contributed by atoms with Crippen LogP contribution in [0, 0.1) is 6.92 Å². The Labute approximate surface area is 164 Å². The summed E-state index contributed by atoms with van der Waals surface area (Å²) in [6.07, 6.45) is 0.762. The fraction of sp³-hybridized carbons (Fsp3) is 0.474. The fourth-order valence-electron chi connectivity index (χ4n) is 4.05. The number of likely N-dealkylation sites (N-methyl/N-ethyl adjacent to an activating group) is 1. The highest BCUT2D eigenvalue weighted by Gasteiger charge is 2.43. The Hall–Kier alpha value is -2.39. The van der Waals surface area contributed by atoms with Gasteiger partial charge in [0.25, 0.3) is 5.91 Å². The van der Waals surface area contributed by atoms with Gasteiger partial charge in [0.1, 0.15) is 22.4 Å². The molecule has 4 rings (SSSR count). The number of fused-ring (bicyclic) bond motifs is 2. The summed E-state index contributed by atoms with van der Waals surface area (Å²) in [5.41, 5.74) is 1.21. The molecule has 3 heterocycles. The van der Waals surface area contributed by atoms with Crippen molar-refractivity contribution in [3.8, 4) is 5.75 Å². The molecule has 0 bridgehead atoms. The van der Waals surface area contributed by atoms with Gasteiger partial charge in [-0.15, -0.1) is 0 Å². The SMILES string of the molecule is CCN1[C@@H]2CCN(C(=O)c3cc(C)[nH]n3)CC[C@@H]2Oc2ccccc2S1(=O)=O. The number of sulfonamides is 1. The second kappa shape index (κ2) is 7.21. The summed E-state index contributed by atoms with van der Waals surface area (Å²) < 4.78 is 34.1. The maximum absolute atomic E-state index is 13.2. The van der Waals surface area contributed by atoms with E-state index in [-0.39, 0.29) is 22.9 Å². The minimum atomic E-state index is -3.65. The third-order valence-electron chi connectivity index (χ3n) is 5.42. The Morgan fingerprint density at radius 2 is 2.04 bits per heavy atom. The Balaban J connectivity index is 1.64. The number of para-hydroxylation sites is 1. The van der Waals surface area contributed by atoms with Gasteiger partial charge in [-0.2, -0.15) is 9.40 Å². The smallest absolute Gasteiger partial charge is 0.274 e. The molecule has 28 heavy (non-hydrogen) atoms. The number of carbonyl (C=O) groups is 1. The highest BCUT2D eigenvalue weighted by molar-refractivity contribution is 7.89. The molecule has 9 heteroatoms. The number of nitrogens with zero attached hydrogens (tertiary/aromatic N) is 3. The first kappa shape index (κ1) is 18.9. The largest absolute Gasteiger partial charge is 0.487 e. The van der Waals surface area contributed by atoms with Gasteiger partial charge in [0.05, 0.1) is 6.04 Å². The molecule has 0 aliphatic carbocycles. The fourth-order valence-corrected chi connectivity index (χ4v) is 5.86. The van der Waals surface area contributed by atoms with Gasteiger partial charge in [-0.1, -0.05) is 19.1 Å². The molecule has 0 saturated carbocycles. The van der Waals surface area contributed by atoms with Crippen molar-refractivity contribution in [3.63, 3.8) is 0 Å². The third-order valence-corrected chi connectivity index (χ3v) is 7.45. The van der Waals surface area contributed by atoms with Crippen molar-refractivity contribution in [3.05, 3.63) is 41.7 Å². The molecule has 2 aliphatic heterocycles. The second-order valence-corrected chi connectivity index (χ2v) is 9.04. The Morgan fingerprint density at radius 1 is 1.29 bits per heavy atom. The summed E-state index contributed by atoms with van der Waals surface area (Å²) in [5, 5.41) is 6.85. The van der Waals surface area contributed by atoms with Crippen molar-refractivity contribution >= 4 is 15.9 Å². The lowest BCUT2D eigenvalue weighted by Crippen LogP contribution is -2.47. The zero-order valence-corrected chi connectivity index (χ0v) is 16.8. The summed E-state index contributed by atoms with van der Waals surface area (Å²) in [6, 6.07) is 8.18. The van der Waals surface area contributed by atoms with E-state index in [1.807, 2.05) is 13.8 Å². The van der Waals surface area contributed by atoms with Gasteiger partial charge in [0.15, 0.2) is 0 Å². The highest BCUT2D eigenvalue weighted by Crippen LogP contribution is 2.36. The van der Waals surface area contributed by atoms with Gasteiger partial charge in [0, 0.05) is 31.7 Å². The van der Waals surface area contributed by atoms with Crippen LogP contribution >= 0.6 is 0 Å². The lowest BCUT2D eigenvalue weighted by atomic mass is 10.1. The van der Waals surface area contributed by atoms with E-state index in [4.69, 9.17) is 4.74 Å². The number of aromatic amines is 1. The molecule has 2 aromatic rings. The van der Waals surface area contributed by atoms with Gasteiger partial charge >= 0.3 is 0 Å². The molecule has 2 atom stereocenters. The summed E-state index contributed by atoms with van der Waals surface area (Å²) in [5.74, 6) is 0.239.